The van der Waals surface area contributed by atoms with Crippen molar-refractivity contribution in [2.24, 2.45) is 10.9 Å². The van der Waals surface area contributed by atoms with Crippen molar-refractivity contribution in [2.75, 3.05) is 32.0 Å². The van der Waals surface area contributed by atoms with Gasteiger partial charge in [0.1, 0.15) is 0 Å². The molecule has 30 heavy (non-hydrogen) atoms. The first-order valence-corrected chi connectivity index (χ1v) is 12.7. The van der Waals surface area contributed by atoms with Gasteiger partial charge in [-0.25, -0.2) is 22.7 Å². The summed E-state index contributed by atoms with van der Waals surface area (Å²) in [6, 6.07) is 4.12. The van der Waals surface area contributed by atoms with Crippen molar-refractivity contribution >= 4 is 16.0 Å². The monoisotopic (exact) mass is 437 g/mol. The number of piperidine rings is 1. The zero-order valence-electron chi connectivity index (χ0n) is 18.1. The second-order valence-corrected chi connectivity index (χ2v) is 10.2. The van der Waals surface area contributed by atoms with Crippen LogP contribution in [-0.2, 0) is 16.6 Å². The molecule has 0 unspecified atom stereocenters. The van der Waals surface area contributed by atoms with E-state index in [1.165, 1.54) is 12.8 Å². The van der Waals surface area contributed by atoms with Gasteiger partial charge in [0.2, 0.25) is 15.9 Å². The van der Waals surface area contributed by atoms with E-state index >= 15 is 0 Å². The second kappa shape index (κ2) is 10.9. The molecule has 1 aliphatic heterocycles. The number of aliphatic imine (C=N–C) groups is 1. The van der Waals surface area contributed by atoms with Gasteiger partial charge >= 0.3 is 0 Å². The molecule has 0 radical (unpaired) electrons. The number of ether oxygens (including phenoxy) is 1. The number of nitrogens with zero attached hydrogens (tertiary/aromatic N) is 3. The molecule has 0 aromatic carbocycles. The van der Waals surface area contributed by atoms with Crippen LogP contribution in [0.1, 0.15) is 51.5 Å². The summed E-state index contributed by atoms with van der Waals surface area (Å²) in [5.41, 5.74) is 1.05. The summed E-state index contributed by atoms with van der Waals surface area (Å²) in [5.74, 6) is 2.34. The Hall–Kier alpha value is -1.87. The summed E-state index contributed by atoms with van der Waals surface area (Å²) in [6.07, 6.45) is 6.49. The normalized spacial score (nSPS) is 18.9. The lowest BCUT2D eigenvalue weighted by Gasteiger charge is -2.32. The molecule has 2 N–H and O–H groups in total. The SMILES string of the molecule is CCCS(=O)(=O)N1CCC(NC(=NCc2ccnc(OCC3CC3)c2)NCC)CC1. The van der Waals surface area contributed by atoms with Gasteiger partial charge in [-0.05, 0) is 56.6 Å². The van der Waals surface area contributed by atoms with Crippen LogP contribution in [0, 0.1) is 5.92 Å². The average Bonchev–Trinajstić information content (AvgIpc) is 3.56. The minimum atomic E-state index is -3.11. The molecule has 168 valence electrons. The highest BCUT2D eigenvalue weighted by Crippen LogP contribution is 2.29. The Kier molecular flexibility index (Phi) is 8.32. The molecule has 2 aliphatic rings. The van der Waals surface area contributed by atoms with Gasteiger partial charge < -0.3 is 15.4 Å². The molecular formula is C21H35N5O3S. The molecule has 1 saturated heterocycles. The average molecular weight is 438 g/mol. The van der Waals surface area contributed by atoms with Crippen molar-refractivity contribution in [3.05, 3.63) is 23.9 Å². The molecule has 9 heteroatoms. The molecule has 2 fully saturated rings. The maximum Gasteiger partial charge on any atom is 0.214 e. The first kappa shape index (κ1) is 22.8. The van der Waals surface area contributed by atoms with E-state index in [0.717, 1.165) is 37.5 Å². The Labute approximate surface area is 180 Å². The molecular weight excluding hydrogens is 402 g/mol. The van der Waals surface area contributed by atoms with Crippen LogP contribution in [0.2, 0.25) is 0 Å². The lowest BCUT2D eigenvalue weighted by Crippen LogP contribution is -2.50. The van der Waals surface area contributed by atoms with Gasteiger partial charge in [0.05, 0.1) is 18.9 Å². The summed E-state index contributed by atoms with van der Waals surface area (Å²) >= 11 is 0. The molecule has 3 rings (SSSR count). The van der Waals surface area contributed by atoms with Crippen molar-refractivity contribution in [3.8, 4) is 5.88 Å². The van der Waals surface area contributed by atoms with Gasteiger partial charge in [-0.2, -0.15) is 0 Å². The van der Waals surface area contributed by atoms with Gasteiger partial charge in [0.15, 0.2) is 5.96 Å². The van der Waals surface area contributed by atoms with Crippen LogP contribution < -0.4 is 15.4 Å². The maximum atomic E-state index is 12.2. The van der Waals surface area contributed by atoms with Crippen molar-refractivity contribution in [1.29, 1.82) is 0 Å². The van der Waals surface area contributed by atoms with E-state index < -0.39 is 10.0 Å². The quantitative estimate of drug-likeness (QED) is 0.430. The lowest BCUT2D eigenvalue weighted by atomic mass is 10.1. The molecule has 0 atom stereocenters. The Morgan fingerprint density at radius 3 is 2.70 bits per heavy atom. The van der Waals surface area contributed by atoms with Crippen LogP contribution in [0.5, 0.6) is 5.88 Å². The highest BCUT2D eigenvalue weighted by atomic mass is 32.2. The fraction of sp³-hybridized carbons (Fsp3) is 0.714. The largest absolute Gasteiger partial charge is 0.477 e. The number of pyridine rings is 1. The predicted molar refractivity (Wildman–Crippen MR) is 119 cm³/mol. The summed E-state index contributed by atoms with van der Waals surface area (Å²) in [4.78, 5) is 8.98. The van der Waals surface area contributed by atoms with Crippen molar-refractivity contribution in [1.82, 2.24) is 19.9 Å². The standard InChI is InChI=1S/C21H35N5O3S/c1-3-13-30(27,28)26-11-8-19(9-12-26)25-21(22-4-2)24-15-18-7-10-23-20(14-18)29-16-17-5-6-17/h7,10,14,17,19H,3-6,8-9,11-13,15-16H2,1-2H3,(H2,22,24,25). The van der Waals surface area contributed by atoms with Gasteiger partial charge in [0, 0.05) is 37.9 Å². The molecule has 1 aliphatic carbocycles. The van der Waals surface area contributed by atoms with E-state index in [-0.39, 0.29) is 11.8 Å². The number of guanidine groups is 1. The van der Waals surface area contributed by atoms with E-state index in [0.29, 0.717) is 37.9 Å². The highest BCUT2D eigenvalue weighted by molar-refractivity contribution is 7.89. The van der Waals surface area contributed by atoms with Gasteiger partial charge in [-0.1, -0.05) is 6.92 Å². The Bertz CT molecular complexity index is 803. The van der Waals surface area contributed by atoms with Gasteiger partial charge in [-0.3, -0.25) is 0 Å². The smallest absolute Gasteiger partial charge is 0.214 e. The Morgan fingerprint density at radius 2 is 2.03 bits per heavy atom. The lowest BCUT2D eigenvalue weighted by molar-refractivity contribution is 0.288. The van der Waals surface area contributed by atoms with Crippen LogP contribution in [0.25, 0.3) is 0 Å². The molecule has 0 amide bonds. The Balaban J connectivity index is 1.52. The first-order chi connectivity index (χ1) is 14.5. The minimum absolute atomic E-state index is 0.214. The first-order valence-electron chi connectivity index (χ1n) is 11.1. The number of aromatic nitrogens is 1. The minimum Gasteiger partial charge on any atom is -0.477 e. The molecule has 0 spiro atoms. The predicted octanol–water partition coefficient (Wildman–Crippen LogP) is 2.13. The number of rotatable bonds is 10. The third-order valence-corrected chi connectivity index (χ3v) is 7.45. The van der Waals surface area contributed by atoms with Gasteiger partial charge in [0.25, 0.3) is 0 Å². The van der Waals surface area contributed by atoms with Crippen LogP contribution in [-0.4, -0.2) is 61.7 Å². The summed E-state index contributed by atoms with van der Waals surface area (Å²) in [7, 11) is -3.11. The fourth-order valence-electron chi connectivity index (χ4n) is 3.46. The molecule has 8 nitrogen and oxygen atoms in total. The van der Waals surface area contributed by atoms with Crippen molar-refractivity contribution in [2.45, 2.75) is 58.5 Å². The topological polar surface area (TPSA) is 95.9 Å². The van der Waals surface area contributed by atoms with E-state index in [4.69, 9.17) is 9.73 Å². The van der Waals surface area contributed by atoms with E-state index in [2.05, 4.69) is 15.6 Å². The zero-order chi connectivity index (χ0) is 21.4. The number of hydrogen-bond acceptors (Lipinski definition) is 5. The third kappa shape index (κ3) is 7.12. The molecule has 0 bridgehead atoms. The van der Waals surface area contributed by atoms with Gasteiger partial charge in [-0.15, -0.1) is 0 Å². The number of hydrogen-bond donors (Lipinski definition) is 2. The highest BCUT2D eigenvalue weighted by Gasteiger charge is 2.27. The fourth-order valence-corrected chi connectivity index (χ4v) is 5.01. The maximum absolute atomic E-state index is 12.2. The number of nitrogens with one attached hydrogen (secondary N) is 2. The van der Waals surface area contributed by atoms with E-state index in [1.54, 1.807) is 10.5 Å². The summed E-state index contributed by atoms with van der Waals surface area (Å²) in [5, 5.41) is 6.75. The molecule has 2 heterocycles. The number of sulfonamides is 1. The van der Waals surface area contributed by atoms with Crippen molar-refractivity contribution < 1.29 is 13.2 Å². The third-order valence-electron chi connectivity index (χ3n) is 5.38. The second-order valence-electron chi connectivity index (χ2n) is 8.09. The van der Waals surface area contributed by atoms with E-state index in [9.17, 15) is 8.42 Å². The summed E-state index contributed by atoms with van der Waals surface area (Å²) < 4.78 is 31.9. The Morgan fingerprint density at radius 1 is 1.27 bits per heavy atom. The summed E-state index contributed by atoms with van der Waals surface area (Å²) in [6.45, 7) is 7.10. The zero-order valence-corrected chi connectivity index (χ0v) is 19.0. The van der Waals surface area contributed by atoms with Crippen LogP contribution in [0.15, 0.2) is 23.3 Å². The van der Waals surface area contributed by atoms with Crippen molar-refractivity contribution in [3.63, 3.8) is 0 Å². The van der Waals surface area contributed by atoms with E-state index in [1.807, 2.05) is 26.0 Å². The molecule has 1 aromatic heterocycles. The molecule has 1 saturated carbocycles. The van der Waals surface area contributed by atoms with Crippen LogP contribution >= 0.6 is 0 Å². The van der Waals surface area contributed by atoms with Crippen LogP contribution in [0.3, 0.4) is 0 Å². The van der Waals surface area contributed by atoms with Crippen LogP contribution in [0.4, 0.5) is 0 Å². The molecule has 1 aromatic rings.